The Hall–Kier alpha value is -1.90. The minimum atomic E-state index is -3.58. The summed E-state index contributed by atoms with van der Waals surface area (Å²) in [5, 5.41) is 2.09. The van der Waals surface area contributed by atoms with Crippen molar-refractivity contribution < 1.29 is 13.2 Å². The molecule has 2 heterocycles. The Labute approximate surface area is 149 Å². The smallest absolute Gasteiger partial charge is 0.273 e. The van der Waals surface area contributed by atoms with E-state index in [1.807, 2.05) is 32.0 Å². The fourth-order valence-corrected chi connectivity index (χ4v) is 5.38. The van der Waals surface area contributed by atoms with Gasteiger partial charge in [0.05, 0.1) is 12.8 Å². The molecule has 0 aliphatic rings. The van der Waals surface area contributed by atoms with E-state index in [1.54, 1.807) is 24.6 Å². The maximum atomic E-state index is 12.3. The first-order valence-electron chi connectivity index (χ1n) is 7.09. The maximum absolute atomic E-state index is 12.3. The van der Waals surface area contributed by atoms with Crippen molar-refractivity contribution in [2.45, 2.75) is 18.1 Å². The zero-order chi connectivity index (χ0) is 17.3. The molecular formula is C16H16N2O3S3. The number of hydrogen-bond acceptors (Lipinski definition) is 6. The van der Waals surface area contributed by atoms with Crippen molar-refractivity contribution in [3.63, 3.8) is 0 Å². The second-order valence-corrected chi connectivity index (χ2v) is 9.21. The number of anilines is 1. The number of sulfonamides is 1. The zero-order valence-electron chi connectivity index (χ0n) is 13.4. The van der Waals surface area contributed by atoms with E-state index in [9.17, 15) is 8.42 Å². The molecule has 0 aliphatic heterocycles. The number of rotatable bonds is 5. The van der Waals surface area contributed by atoms with E-state index >= 15 is 0 Å². The monoisotopic (exact) mass is 380 g/mol. The molecule has 2 aromatic heterocycles. The van der Waals surface area contributed by atoms with Crippen LogP contribution in [0.3, 0.4) is 0 Å². The number of nitrogens with one attached hydrogen (secondary N) is 1. The molecule has 0 fully saturated rings. The lowest BCUT2D eigenvalue weighted by atomic mass is 10.1. The average Bonchev–Trinajstić information content (AvgIpc) is 3.17. The highest BCUT2D eigenvalue weighted by Gasteiger charge is 2.19. The summed E-state index contributed by atoms with van der Waals surface area (Å²) in [5.41, 5.74) is 2.71. The van der Waals surface area contributed by atoms with Crippen LogP contribution in [0.25, 0.3) is 11.3 Å². The molecule has 3 rings (SSSR count). The Morgan fingerprint density at radius 2 is 2.00 bits per heavy atom. The van der Waals surface area contributed by atoms with E-state index in [0.29, 0.717) is 5.13 Å². The molecule has 24 heavy (non-hydrogen) atoms. The number of hydrogen-bond donors (Lipinski definition) is 1. The van der Waals surface area contributed by atoms with E-state index < -0.39 is 10.0 Å². The summed E-state index contributed by atoms with van der Waals surface area (Å²) >= 11 is 2.50. The van der Waals surface area contributed by atoms with Crippen molar-refractivity contribution in [1.29, 1.82) is 0 Å². The van der Waals surface area contributed by atoms with Crippen molar-refractivity contribution in [2.24, 2.45) is 0 Å². The third kappa shape index (κ3) is 3.31. The summed E-state index contributed by atoms with van der Waals surface area (Å²) < 4.78 is 32.7. The molecule has 0 amide bonds. The van der Waals surface area contributed by atoms with Gasteiger partial charge in [0, 0.05) is 10.4 Å². The first kappa shape index (κ1) is 16.9. The van der Waals surface area contributed by atoms with Crippen LogP contribution >= 0.6 is 22.7 Å². The van der Waals surface area contributed by atoms with E-state index in [1.165, 1.54) is 22.7 Å². The highest BCUT2D eigenvalue weighted by molar-refractivity contribution is 7.94. The van der Waals surface area contributed by atoms with Gasteiger partial charge in [-0.25, -0.2) is 13.4 Å². The van der Waals surface area contributed by atoms with Gasteiger partial charge < -0.3 is 4.74 Å². The number of thiophene rings is 1. The Balaban J connectivity index is 1.92. The van der Waals surface area contributed by atoms with Crippen molar-refractivity contribution in [3.8, 4) is 17.0 Å². The van der Waals surface area contributed by atoms with E-state index in [2.05, 4.69) is 9.71 Å². The minimum Gasteiger partial charge on any atom is -0.496 e. The highest BCUT2D eigenvalue weighted by atomic mass is 32.2. The third-order valence-corrected chi connectivity index (χ3v) is 7.20. The van der Waals surface area contributed by atoms with Gasteiger partial charge in [-0.3, -0.25) is 4.72 Å². The molecule has 0 atom stereocenters. The Kier molecular flexibility index (Phi) is 4.62. The number of methoxy groups -OCH3 is 1. The largest absolute Gasteiger partial charge is 0.496 e. The molecule has 0 radical (unpaired) electrons. The van der Waals surface area contributed by atoms with Gasteiger partial charge in [0.15, 0.2) is 5.13 Å². The third-order valence-electron chi connectivity index (χ3n) is 3.45. The molecule has 8 heteroatoms. The van der Waals surface area contributed by atoms with Gasteiger partial charge in [-0.1, -0.05) is 6.07 Å². The van der Waals surface area contributed by atoms with Crippen LogP contribution in [0.5, 0.6) is 5.75 Å². The molecule has 0 aliphatic carbocycles. The van der Waals surface area contributed by atoms with Crippen LogP contribution in [0.1, 0.15) is 10.4 Å². The molecule has 0 saturated carbocycles. The first-order valence-corrected chi connectivity index (χ1v) is 10.3. The highest BCUT2D eigenvalue weighted by Crippen LogP contribution is 2.33. The number of benzene rings is 1. The maximum Gasteiger partial charge on any atom is 0.273 e. The minimum absolute atomic E-state index is 0.275. The van der Waals surface area contributed by atoms with Gasteiger partial charge in [0.1, 0.15) is 9.96 Å². The molecular weight excluding hydrogens is 364 g/mol. The van der Waals surface area contributed by atoms with Gasteiger partial charge in [-0.05, 0) is 49.1 Å². The van der Waals surface area contributed by atoms with Crippen LogP contribution in [0, 0.1) is 13.8 Å². The van der Waals surface area contributed by atoms with Crippen molar-refractivity contribution in [3.05, 3.63) is 46.2 Å². The van der Waals surface area contributed by atoms with Crippen LogP contribution in [0.15, 0.2) is 39.9 Å². The number of aryl methyl sites for hydroxylation is 2. The Morgan fingerprint density at radius 3 is 2.62 bits per heavy atom. The lowest BCUT2D eigenvalue weighted by molar-refractivity contribution is 0.412. The summed E-state index contributed by atoms with van der Waals surface area (Å²) in [6, 6.07) is 9.07. The molecule has 0 saturated heterocycles. The van der Waals surface area contributed by atoms with E-state index in [0.717, 1.165) is 27.4 Å². The molecule has 0 spiro atoms. The standard InChI is InChI=1S/C16H16N2O3S3/c1-10-9-12(6-7-13(10)21-3)15-11(2)23-16(17-15)18-24(19,20)14-5-4-8-22-14/h4-9H,1-3H3,(H,17,18). The summed E-state index contributed by atoms with van der Waals surface area (Å²) in [4.78, 5) is 5.41. The van der Waals surface area contributed by atoms with Crippen molar-refractivity contribution >= 4 is 37.8 Å². The Morgan fingerprint density at radius 1 is 1.21 bits per heavy atom. The Bertz CT molecular complexity index is 961. The van der Waals surface area contributed by atoms with Crippen LogP contribution in [-0.2, 0) is 10.0 Å². The van der Waals surface area contributed by atoms with Crippen LogP contribution in [0.2, 0.25) is 0 Å². The zero-order valence-corrected chi connectivity index (χ0v) is 15.8. The summed E-state index contributed by atoms with van der Waals surface area (Å²) in [6.07, 6.45) is 0. The van der Waals surface area contributed by atoms with Gasteiger partial charge >= 0.3 is 0 Å². The van der Waals surface area contributed by atoms with Gasteiger partial charge in [0.25, 0.3) is 10.0 Å². The van der Waals surface area contributed by atoms with Crippen molar-refractivity contribution in [2.75, 3.05) is 11.8 Å². The van der Waals surface area contributed by atoms with E-state index in [4.69, 9.17) is 4.74 Å². The fraction of sp³-hybridized carbons (Fsp3) is 0.188. The van der Waals surface area contributed by atoms with Crippen LogP contribution in [0.4, 0.5) is 5.13 Å². The summed E-state index contributed by atoms with van der Waals surface area (Å²) in [7, 11) is -1.95. The molecule has 1 N–H and O–H groups in total. The molecule has 0 bridgehead atoms. The molecule has 3 aromatic rings. The molecule has 0 unspecified atom stereocenters. The lowest BCUT2D eigenvalue weighted by Crippen LogP contribution is -2.11. The SMILES string of the molecule is COc1ccc(-c2nc(NS(=O)(=O)c3cccs3)sc2C)cc1C. The van der Waals surface area contributed by atoms with Gasteiger partial charge in [-0.15, -0.1) is 22.7 Å². The fourth-order valence-electron chi connectivity index (χ4n) is 2.32. The second kappa shape index (κ2) is 6.54. The second-order valence-electron chi connectivity index (χ2n) is 5.15. The molecule has 126 valence electrons. The van der Waals surface area contributed by atoms with Gasteiger partial charge in [0.2, 0.25) is 0 Å². The summed E-state index contributed by atoms with van der Waals surface area (Å²) in [6.45, 7) is 3.89. The lowest BCUT2D eigenvalue weighted by Gasteiger charge is -2.06. The number of thiazole rings is 1. The number of aromatic nitrogens is 1. The topological polar surface area (TPSA) is 68.3 Å². The average molecular weight is 381 g/mol. The molecule has 1 aromatic carbocycles. The van der Waals surface area contributed by atoms with E-state index in [-0.39, 0.29) is 4.21 Å². The van der Waals surface area contributed by atoms with Crippen LogP contribution in [-0.4, -0.2) is 20.5 Å². The first-order chi connectivity index (χ1) is 11.4. The predicted octanol–water partition coefficient (Wildman–Crippen LogP) is 4.30. The van der Waals surface area contributed by atoms with Gasteiger partial charge in [-0.2, -0.15) is 0 Å². The summed E-state index contributed by atoms with van der Waals surface area (Å²) in [5.74, 6) is 0.810. The van der Waals surface area contributed by atoms with Crippen LogP contribution < -0.4 is 9.46 Å². The number of nitrogens with zero attached hydrogens (tertiary/aromatic N) is 1. The normalized spacial score (nSPS) is 11.5. The van der Waals surface area contributed by atoms with Crippen molar-refractivity contribution in [1.82, 2.24) is 4.98 Å². The number of ether oxygens (including phenoxy) is 1. The predicted molar refractivity (Wildman–Crippen MR) is 98.7 cm³/mol. The quantitative estimate of drug-likeness (QED) is 0.717. The molecule has 5 nitrogen and oxygen atoms in total.